The zero-order chi connectivity index (χ0) is 18.3. The molecule has 1 aliphatic rings. The van der Waals surface area contributed by atoms with Crippen LogP contribution in [-0.4, -0.2) is 38.2 Å². The molecule has 26 heavy (non-hydrogen) atoms. The van der Waals surface area contributed by atoms with Gasteiger partial charge in [-0.1, -0.05) is 12.1 Å². The molecule has 2 aromatic heterocycles. The molecule has 1 aliphatic heterocycles. The molecule has 3 aromatic rings. The number of aryl methyl sites for hydroxylation is 2. The van der Waals surface area contributed by atoms with E-state index in [-0.39, 0.29) is 11.9 Å². The summed E-state index contributed by atoms with van der Waals surface area (Å²) in [6.07, 6.45) is 7.07. The molecule has 1 atom stereocenters. The Labute approximate surface area is 153 Å². The minimum Gasteiger partial charge on any atom is -0.336 e. The summed E-state index contributed by atoms with van der Waals surface area (Å²) in [4.78, 5) is 20.2. The van der Waals surface area contributed by atoms with Crippen molar-refractivity contribution in [2.75, 3.05) is 6.54 Å². The number of rotatable bonds is 2. The van der Waals surface area contributed by atoms with Gasteiger partial charge in [0.2, 0.25) is 0 Å². The average Bonchev–Trinajstić information content (AvgIpc) is 3.07. The van der Waals surface area contributed by atoms with Crippen molar-refractivity contribution in [2.24, 2.45) is 7.05 Å². The molecule has 0 aliphatic carbocycles. The molecule has 0 unspecified atom stereocenters. The predicted molar refractivity (Wildman–Crippen MR) is 103 cm³/mol. The number of amides is 1. The van der Waals surface area contributed by atoms with Gasteiger partial charge in [0.1, 0.15) is 0 Å². The molecule has 0 N–H and O–H groups in total. The standard InChI is InChI=1S/C21H24N4O/c1-14-7-8-17-18(21(26)25-9-5-4-6-15(25)2)11-19(23-20(17)10-14)16-12-22-24(3)13-16/h7-8,10-13,15H,4-6,9H2,1-3H3/t15-/m1/s1. The van der Waals surface area contributed by atoms with Crippen LogP contribution in [0.15, 0.2) is 36.7 Å². The second kappa shape index (κ2) is 6.56. The summed E-state index contributed by atoms with van der Waals surface area (Å²) in [6.45, 7) is 5.02. The van der Waals surface area contributed by atoms with Gasteiger partial charge in [0.25, 0.3) is 5.91 Å². The Kier molecular flexibility index (Phi) is 4.23. The van der Waals surface area contributed by atoms with Gasteiger partial charge in [-0.2, -0.15) is 5.10 Å². The molecule has 1 aromatic carbocycles. The molecule has 1 amide bonds. The van der Waals surface area contributed by atoms with Crippen LogP contribution in [0, 0.1) is 6.92 Å². The summed E-state index contributed by atoms with van der Waals surface area (Å²) in [5.41, 5.74) is 4.46. The van der Waals surface area contributed by atoms with E-state index < -0.39 is 0 Å². The van der Waals surface area contributed by atoms with E-state index in [2.05, 4.69) is 12.0 Å². The van der Waals surface area contributed by atoms with Crippen molar-refractivity contribution in [1.82, 2.24) is 19.7 Å². The van der Waals surface area contributed by atoms with Crippen LogP contribution in [0.2, 0.25) is 0 Å². The van der Waals surface area contributed by atoms with Gasteiger partial charge in [-0.15, -0.1) is 0 Å². The van der Waals surface area contributed by atoms with Gasteiger partial charge in [-0.25, -0.2) is 4.98 Å². The Bertz CT molecular complexity index is 975. The molecule has 4 rings (SSSR count). The predicted octanol–water partition coefficient (Wildman–Crippen LogP) is 3.96. The van der Waals surface area contributed by atoms with Crippen molar-refractivity contribution in [3.05, 3.63) is 47.8 Å². The van der Waals surface area contributed by atoms with Crippen LogP contribution in [0.3, 0.4) is 0 Å². The Hall–Kier alpha value is -2.69. The highest BCUT2D eigenvalue weighted by atomic mass is 16.2. The SMILES string of the molecule is Cc1ccc2c(C(=O)N3CCCC[C@H]3C)cc(-c3cnn(C)c3)nc2c1. The van der Waals surface area contributed by atoms with Gasteiger partial charge in [0.05, 0.1) is 23.0 Å². The minimum absolute atomic E-state index is 0.110. The largest absolute Gasteiger partial charge is 0.336 e. The second-order valence-corrected chi connectivity index (χ2v) is 7.32. The van der Waals surface area contributed by atoms with Gasteiger partial charge in [0.15, 0.2) is 0 Å². The van der Waals surface area contributed by atoms with E-state index >= 15 is 0 Å². The number of carbonyl (C=O) groups excluding carboxylic acids is 1. The van der Waals surface area contributed by atoms with Crippen molar-refractivity contribution in [3.8, 4) is 11.3 Å². The van der Waals surface area contributed by atoms with Gasteiger partial charge in [-0.05, 0) is 50.8 Å². The van der Waals surface area contributed by atoms with Crippen LogP contribution in [0.1, 0.15) is 42.1 Å². The smallest absolute Gasteiger partial charge is 0.254 e. The van der Waals surface area contributed by atoms with Gasteiger partial charge in [0, 0.05) is 36.8 Å². The molecule has 3 heterocycles. The highest BCUT2D eigenvalue weighted by Crippen LogP contribution is 2.28. The first-order valence-electron chi connectivity index (χ1n) is 9.24. The summed E-state index contributed by atoms with van der Waals surface area (Å²) in [5.74, 6) is 0.110. The van der Waals surface area contributed by atoms with E-state index in [0.717, 1.165) is 52.7 Å². The Balaban J connectivity index is 1.87. The first-order chi connectivity index (χ1) is 12.5. The number of carbonyl (C=O) groups is 1. The molecule has 134 valence electrons. The average molecular weight is 348 g/mol. The number of pyridine rings is 1. The van der Waals surface area contributed by atoms with E-state index in [1.54, 1.807) is 10.9 Å². The molecular formula is C21H24N4O. The molecule has 0 spiro atoms. The van der Waals surface area contributed by atoms with Gasteiger partial charge in [-0.3, -0.25) is 9.48 Å². The zero-order valence-electron chi connectivity index (χ0n) is 15.6. The fourth-order valence-electron chi connectivity index (χ4n) is 3.77. The maximum absolute atomic E-state index is 13.4. The summed E-state index contributed by atoms with van der Waals surface area (Å²) >= 11 is 0. The molecule has 1 fully saturated rings. The Morgan fingerprint density at radius 3 is 2.81 bits per heavy atom. The topological polar surface area (TPSA) is 51.0 Å². The van der Waals surface area contributed by atoms with Crippen LogP contribution < -0.4 is 0 Å². The number of nitrogens with zero attached hydrogens (tertiary/aromatic N) is 4. The molecule has 0 radical (unpaired) electrons. The summed E-state index contributed by atoms with van der Waals surface area (Å²) in [5, 5.41) is 5.17. The highest BCUT2D eigenvalue weighted by Gasteiger charge is 2.26. The van der Waals surface area contributed by atoms with Crippen LogP contribution >= 0.6 is 0 Å². The van der Waals surface area contributed by atoms with Gasteiger partial charge >= 0.3 is 0 Å². The summed E-state index contributed by atoms with van der Waals surface area (Å²) in [6, 6.07) is 8.33. The highest BCUT2D eigenvalue weighted by molar-refractivity contribution is 6.07. The van der Waals surface area contributed by atoms with E-state index in [9.17, 15) is 4.79 Å². The first kappa shape index (κ1) is 16.8. The van der Waals surface area contributed by atoms with Crippen LogP contribution in [-0.2, 0) is 7.05 Å². The van der Waals surface area contributed by atoms with E-state index in [1.165, 1.54) is 6.42 Å². The minimum atomic E-state index is 0.110. The Morgan fingerprint density at radius 2 is 2.08 bits per heavy atom. The number of piperidine rings is 1. The fraction of sp³-hybridized carbons (Fsp3) is 0.381. The lowest BCUT2D eigenvalue weighted by molar-refractivity contribution is 0.0637. The maximum atomic E-state index is 13.4. The van der Waals surface area contributed by atoms with Crippen molar-refractivity contribution >= 4 is 16.8 Å². The molecule has 5 heteroatoms. The van der Waals surface area contributed by atoms with Crippen LogP contribution in [0.25, 0.3) is 22.2 Å². The maximum Gasteiger partial charge on any atom is 0.254 e. The lowest BCUT2D eigenvalue weighted by atomic mass is 9.99. The van der Waals surface area contributed by atoms with E-state index in [0.29, 0.717) is 0 Å². The molecule has 0 saturated carbocycles. The lowest BCUT2D eigenvalue weighted by Crippen LogP contribution is -2.42. The third-order valence-corrected chi connectivity index (χ3v) is 5.26. The van der Waals surface area contributed by atoms with Crippen molar-refractivity contribution in [2.45, 2.75) is 39.2 Å². The van der Waals surface area contributed by atoms with E-state index in [1.807, 2.05) is 49.3 Å². The summed E-state index contributed by atoms with van der Waals surface area (Å²) in [7, 11) is 1.89. The third kappa shape index (κ3) is 2.98. The third-order valence-electron chi connectivity index (χ3n) is 5.26. The van der Waals surface area contributed by atoms with Crippen molar-refractivity contribution in [3.63, 3.8) is 0 Å². The van der Waals surface area contributed by atoms with Crippen LogP contribution in [0.5, 0.6) is 0 Å². The van der Waals surface area contributed by atoms with Gasteiger partial charge < -0.3 is 4.90 Å². The number of aromatic nitrogens is 3. The quantitative estimate of drug-likeness (QED) is 0.704. The van der Waals surface area contributed by atoms with E-state index in [4.69, 9.17) is 4.98 Å². The number of hydrogen-bond donors (Lipinski definition) is 0. The lowest BCUT2D eigenvalue weighted by Gasteiger charge is -2.33. The normalized spacial score (nSPS) is 17.7. The first-order valence-corrected chi connectivity index (χ1v) is 9.24. The van der Waals surface area contributed by atoms with Crippen molar-refractivity contribution in [1.29, 1.82) is 0 Å². The summed E-state index contributed by atoms with van der Waals surface area (Å²) < 4.78 is 1.76. The number of likely N-dealkylation sites (tertiary alicyclic amines) is 1. The number of hydrogen-bond acceptors (Lipinski definition) is 3. The molecule has 1 saturated heterocycles. The zero-order valence-corrected chi connectivity index (χ0v) is 15.6. The number of benzene rings is 1. The molecular weight excluding hydrogens is 324 g/mol. The Morgan fingerprint density at radius 1 is 1.23 bits per heavy atom. The fourth-order valence-corrected chi connectivity index (χ4v) is 3.77. The van der Waals surface area contributed by atoms with Crippen LogP contribution in [0.4, 0.5) is 0 Å². The molecule has 5 nitrogen and oxygen atoms in total. The van der Waals surface area contributed by atoms with Crippen molar-refractivity contribution < 1.29 is 4.79 Å². The number of fused-ring (bicyclic) bond motifs is 1. The monoisotopic (exact) mass is 348 g/mol. The second-order valence-electron chi connectivity index (χ2n) is 7.32. The molecule has 0 bridgehead atoms.